The van der Waals surface area contributed by atoms with Crippen LogP contribution in [0.5, 0.6) is 0 Å². The van der Waals surface area contributed by atoms with Gasteiger partial charge in [0.1, 0.15) is 5.82 Å². The quantitative estimate of drug-likeness (QED) is 0.877. The fourth-order valence-corrected chi connectivity index (χ4v) is 1.53. The number of pyridine rings is 1. The smallest absolute Gasteiger partial charge is 0.144 e. The Hall–Kier alpha value is -2.32. The molecule has 90 valence electrons. The van der Waals surface area contributed by atoms with Crippen molar-refractivity contribution in [3.8, 4) is 6.07 Å². The third-order valence-corrected chi connectivity index (χ3v) is 2.51. The van der Waals surface area contributed by atoms with Gasteiger partial charge in [0.15, 0.2) is 0 Å². The van der Waals surface area contributed by atoms with Gasteiger partial charge >= 0.3 is 0 Å². The number of hydrogen-bond donors (Lipinski definition) is 1. The van der Waals surface area contributed by atoms with E-state index in [0.29, 0.717) is 12.1 Å². The molecule has 1 unspecified atom stereocenters. The molecule has 0 bridgehead atoms. The maximum Gasteiger partial charge on any atom is 0.144 e. The summed E-state index contributed by atoms with van der Waals surface area (Å²) in [7, 11) is 0. The fraction of sp³-hybridized carbons (Fsp3) is 0.231. The number of hydrogen-bond acceptors (Lipinski definition) is 5. The molecule has 0 aliphatic heterocycles. The van der Waals surface area contributed by atoms with Crippen LogP contribution in [0.3, 0.4) is 0 Å². The van der Waals surface area contributed by atoms with Crippen molar-refractivity contribution in [3.63, 3.8) is 0 Å². The zero-order valence-electron chi connectivity index (χ0n) is 10.0. The molecule has 5 heteroatoms. The van der Waals surface area contributed by atoms with E-state index in [9.17, 15) is 0 Å². The van der Waals surface area contributed by atoms with E-state index >= 15 is 0 Å². The second kappa shape index (κ2) is 5.84. The van der Waals surface area contributed by atoms with Crippen LogP contribution in [0.15, 0.2) is 36.8 Å². The summed E-state index contributed by atoms with van der Waals surface area (Å²) in [5.74, 6) is 0.744. The molecule has 0 saturated heterocycles. The number of nitrogens with one attached hydrogen (secondary N) is 1. The summed E-state index contributed by atoms with van der Waals surface area (Å²) in [4.78, 5) is 12.6. The first-order valence-corrected chi connectivity index (χ1v) is 5.65. The van der Waals surface area contributed by atoms with Crippen molar-refractivity contribution >= 4 is 0 Å². The van der Waals surface area contributed by atoms with E-state index in [1.54, 1.807) is 36.8 Å². The fourth-order valence-electron chi connectivity index (χ4n) is 1.53. The molecule has 0 spiro atoms. The highest BCUT2D eigenvalue weighted by Crippen LogP contribution is 2.06. The third-order valence-electron chi connectivity index (χ3n) is 2.51. The first kappa shape index (κ1) is 12.1. The highest BCUT2D eigenvalue weighted by molar-refractivity contribution is 5.28. The Bertz CT molecular complexity index is 547. The molecule has 0 fully saturated rings. The lowest BCUT2D eigenvalue weighted by atomic mass is 10.2. The van der Waals surface area contributed by atoms with Crippen LogP contribution in [-0.4, -0.2) is 15.0 Å². The van der Waals surface area contributed by atoms with Gasteiger partial charge in [-0.05, 0) is 25.1 Å². The normalized spacial score (nSPS) is 11.8. The van der Waals surface area contributed by atoms with Gasteiger partial charge in [-0.2, -0.15) is 5.26 Å². The summed E-state index contributed by atoms with van der Waals surface area (Å²) in [5, 5.41) is 12.1. The third kappa shape index (κ3) is 3.09. The van der Waals surface area contributed by atoms with Gasteiger partial charge in [-0.25, -0.2) is 9.97 Å². The minimum Gasteiger partial charge on any atom is -0.302 e. The Morgan fingerprint density at radius 2 is 2.06 bits per heavy atom. The molecule has 0 aromatic carbocycles. The van der Waals surface area contributed by atoms with E-state index in [-0.39, 0.29) is 6.04 Å². The molecule has 0 aliphatic rings. The van der Waals surface area contributed by atoms with Crippen LogP contribution in [0, 0.1) is 11.3 Å². The first-order chi connectivity index (χ1) is 8.79. The van der Waals surface area contributed by atoms with Crippen molar-refractivity contribution in [2.45, 2.75) is 19.5 Å². The minimum absolute atomic E-state index is 0.0405. The summed E-state index contributed by atoms with van der Waals surface area (Å²) in [6.45, 7) is 2.57. The molecular formula is C13H13N5. The average molecular weight is 239 g/mol. The highest BCUT2D eigenvalue weighted by atomic mass is 15.0. The molecule has 2 aromatic heterocycles. The lowest BCUT2D eigenvalue weighted by Crippen LogP contribution is -2.20. The lowest BCUT2D eigenvalue weighted by Gasteiger charge is -2.11. The van der Waals surface area contributed by atoms with Gasteiger partial charge in [-0.15, -0.1) is 0 Å². The van der Waals surface area contributed by atoms with Crippen LogP contribution in [0.25, 0.3) is 0 Å². The van der Waals surface area contributed by atoms with Crippen molar-refractivity contribution in [1.29, 1.82) is 5.26 Å². The summed E-state index contributed by atoms with van der Waals surface area (Å²) in [6, 6.07) is 7.38. The molecule has 1 N–H and O–H groups in total. The maximum atomic E-state index is 8.80. The number of aromatic nitrogens is 3. The second-order valence-corrected chi connectivity index (χ2v) is 3.86. The van der Waals surface area contributed by atoms with Crippen LogP contribution in [0.1, 0.15) is 30.0 Å². The Morgan fingerprint density at radius 1 is 1.28 bits per heavy atom. The van der Waals surface area contributed by atoms with Crippen molar-refractivity contribution in [3.05, 3.63) is 53.9 Å². The van der Waals surface area contributed by atoms with Crippen molar-refractivity contribution in [1.82, 2.24) is 20.3 Å². The standard InChI is InChI=1S/C13H13N5/c1-10(13-16-4-2-5-17-13)18-9-12-7-11(8-14)3-6-15-12/h2-7,10,18H,9H2,1H3. The number of nitrogens with zero attached hydrogens (tertiary/aromatic N) is 4. The van der Waals surface area contributed by atoms with E-state index in [4.69, 9.17) is 5.26 Å². The van der Waals surface area contributed by atoms with Gasteiger partial charge in [0.25, 0.3) is 0 Å². The maximum absolute atomic E-state index is 8.80. The Morgan fingerprint density at radius 3 is 2.78 bits per heavy atom. The topological polar surface area (TPSA) is 74.5 Å². The Labute approximate surface area is 106 Å². The molecule has 5 nitrogen and oxygen atoms in total. The van der Waals surface area contributed by atoms with Crippen molar-refractivity contribution in [2.24, 2.45) is 0 Å². The van der Waals surface area contributed by atoms with Crippen LogP contribution >= 0.6 is 0 Å². The van der Waals surface area contributed by atoms with Crippen molar-refractivity contribution < 1.29 is 0 Å². The van der Waals surface area contributed by atoms with Gasteiger partial charge in [0.2, 0.25) is 0 Å². The van der Waals surface area contributed by atoms with Gasteiger partial charge in [0, 0.05) is 25.1 Å². The van der Waals surface area contributed by atoms with Gasteiger partial charge in [0.05, 0.1) is 23.4 Å². The molecule has 2 aromatic rings. The molecule has 2 rings (SSSR count). The van der Waals surface area contributed by atoms with E-state index in [0.717, 1.165) is 11.5 Å². The zero-order chi connectivity index (χ0) is 12.8. The van der Waals surface area contributed by atoms with Gasteiger partial charge in [-0.1, -0.05) is 0 Å². The summed E-state index contributed by atoms with van der Waals surface area (Å²) < 4.78 is 0. The Balaban J connectivity index is 1.97. The SMILES string of the molecule is CC(NCc1cc(C#N)ccn1)c1ncccn1. The monoisotopic (exact) mass is 239 g/mol. The van der Waals surface area contributed by atoms with E-state index < -0.39 is 0 Å². The van der Waals surface area contributed by atoms with Gasteiger partial charge in [-0.3, -0.25) is 4.98 Å². The summed E-state index contributed by atoms with van der Waals surface area (Å²) >= 11 is 0. The minimum atomic E-state index is 0.0405. The highest BCUT2D eigenvalue weighted by Gasteiger charge is 2.07. The molecule has 18 heavy (non-hydrogen) atoms. The number of nitriles is 1. The molecule has 1 atom stereocenters. The lowest BCUT2D eigenvalue weighted by molar-refractivity contribution is 0.540. The van der Waals surface area contributed by atoms with E-state index in [1.807, 2.05) is 6.92 Å². The van der Waals surface area contributed by atoms with E-state index in [1.165, 1.54) is 0 Å². The second-order valence-electron chi connectivity index (χ2n) is 3.86. The van der Waals surface area contributed by atoms with Crippen LogP contribution < -0.4 is 5.32 Å². The molecule has 0 radical (unpaired) electrons. The predicted molar refractivity (Wildman–Crippen MR) is 66.2 cm³/mol. The molecular weight excluding hydrogens is 226 g/mol. The molecule has 0 aliphatic carbocycles. The number of rotatable bonds is 4. The average Bonchev–Trinajstić information content (AvgIpc) is 2.46. The predicted octanol–water partition coefficient (Wildman–Crippen LogP) is 1.59. The summed E-state index contributed by atoms with van der Waals surface area (Å²) in [6.07, 6.45) is 5.07. The van der Waals surface area contributed by atoms with Gasteiger partial charge < -0.3 is 5.32 Å². The Kier molecular flexibility index (Phi) is 3.94. The largest absolute Gasteiger partial charge is 0.302 e. The molecule has 0 amide bonds. The zero-order valence-corrected chi connectivity index (χ0v) is 10.0. The molecule has 0 saturated carbocycles. The summed E-state index contributed by atoms with van der Waals surface area (Å²) in [5.41, 5.74) is 1.45. The van der Waals surface area contributed by atoms with Crippen LogP contribution in [-0.2, 0) is 6.54 Å². The van der Waals surface area contributed by atoms with Crippen molar-refractivity contribution in [2.75, 3.05) is 0 Å². The van der Waals surface area contributed by atoms with E-state index in [2.05, 4.69) is 26.3 Å². The first-order valence-electron chi connectivity index (χ1n) is 5.65. The van der Waals surface area contributed by atoms with Crippen LogP contribution in [0.4, 0.5) is 0 Å². The van der Waals surface area contributed by atoms with Crippen LogP contribution in [0.2, 0.25) is 0 Å². The molecule has 2 heterocycles.